The molecule has 0 bridgehead atoms. The lowest BCUT2D eigenvalue weighted by molar-refractivity contribution is 0.403. The van der Waals surface area contributed by atoms with Crippen LogP contribution in [0.1, 0.15) is 6.42 Å². The summed E-state index contributed by atoms with van der Waals surface area (Å²) in [5.74, 6) is 0. The van der Waals surface area contributed by atoms with Gasteiger partial charge in [-0.3, -0.25) is 0 Å². The van der Waals surface area contributed by atoms with Crippen molar-refractivity contribution >= 4 is 24.8 Å². The Morgan fingerprint density at radius 1 is 1.20 bits per heavy atom. The summed E-state index contributed by atoms with van der Waals surface area (Å²) in [4.78, 5) is 2.13. The largest absolute Gasteiger partial charge is 0.412 e. The third-order valence-electron chi connectivity index (χ3n) is 0.809. The average molecular weight is 193 g/mol. The van der Waals surface area contributed by atoms with Crippen molar-refractivity contribution in [2.75, 3.05) is 27.2 Å². The van der Waals surface area contributed by atoms with Crippen LogP contribution in [0.15, 0.2) is 0 Å². The molecule has 0 heterocycles. The van der Waals surface area contributed by atoms with Crippen molar-refractivity contribution in [2.24, 2.45) is 5.73 Å². The molecule has 0 atom stereocenters. The molecule has 0 unspecified atom stereocenters. The maximum absolute atomic E-state index is 5.25. The van der Waals surface area contributed by atoms with Crippen molar-refractivity contribution in [3.05, 3.63) is 0 Å². The van der Waals surface area contributed by atoms with Crippen molar-refractivity contribution < 1.29 is 5.48 Å². The summed E-state index contributed by atoms with van der Waals surface area (Å²) < 4.78 is 0. The number of hydrogen-bond acceptors (Lipinski definition) is 2. The van der Waals surface area contributed by atoms with Gasteiger partial charge in [0.15, 0.2) is 0 Å². The SMILES string of the molecule is CN(C)CCCN.Cl.Cl.O. The van der Waals surface area contributed by atoms with Crippen LogP contribution in [0.3, 0.4) is 0 Å². The Morgan fingerprint density at radius 3 is 1.70 bits per heavy atom. The predicted molar refractivity (Wildman–Crippen MR) is 50.3 cm³/mol. The highest BCUT2D eigenvalue weighted by molar-refractivity contribution is 5.85. The zero-order valence-corrected chi connectivity index (χ0v) is 8.10. The molecule has 4 N–H and O–H groups in total. The summed E-state index contributed by atoms with van der Waals surface area (Å²) in [5, 5.41) is 0. The molecule has 0 aliphatic rings. The van der Waals surface area contributed by atoms with Crippen LogP contribution in [0.25, 0.3) is 0 Å². The maximum atomic E-state index is 5.25. The zero-order chi connectivity index (χ0) is 5.70. The maximum Gasteiger partial charge on any atom is -0.00128 e. The second-order valence-electron chi connectivity index (χ2n) is 1.95. The fourth-order valence-corrected chi connectivity index (χ4v) is 0.408. The molecule has 10 heavy (non-hydrogen) atoms. The van der Waals surface area contributed by atoms with E-state index in [4.69, 9.17) is 5.73 Å². The number of nitrogens with two attached hydrogens (primary N) is 1. The van der Waals surface area contributed by atoms with Crippen molar-refractivity contribution in [1.82, 2.24) is 4.90 Å². The molecule has 5 heteroatoms. The summed E-state index contributed by atoms with van der Waals surface area (Å²) >= 11 is 0. The van der Waals surface area contributed by atoms with Gasteiger partial charge in [-0.05, 0) is 33.6 Å². The topological polar surface area (TPSA) is 60.8 Å². The highest BCUT2D eigenvalue weighted by Gasteiger charge is 1.83. The van der Waals surface area contributed by atoms with E-state index in [0.29, 0.717) is 0 Å². The van der Waals surface area contributed by atoms with E-state index in [1.165, 1.54) is 0 Å². The summed E-state index contributed by atoms with van der Waals surface area (Å²) in [6.45, 7) is 1.91. The van der Waals surface area contributed by atoms with Gasteiger partial charge >= 0.3 is 0 Å². The van der Waals surface area contributed by atoms with Crippen LogP contribution in [0.5, 0.6) is 0 Å². The Labute approximate surface area is 75.1 Å². The van der Waals surface area contributed by atoms with Crippen molar-refractivity contribution in [3.8, 4) is 0 Å². The van der Waals surface area contributed by atoms with Gasteiger partial charge in [-0.1, -0.05) is 0 Å². The number of rotatable bonds is 3. The van der Waals surface area contributed by atoms with Crippen LogP contribution < -0.4 is 5.73 Å². The molecule has 0 aliphatic heterocycles. The molecule has 0 rings (SSSR count). The van der Waals surface area contributed by atoms with E-state index in [1.54, 1.807) is 0 Å². The monoisotopic (exact) mass is 192 g/mol. The van der Waals surface area contributed by atoms with Crippen LogP contribution in [0.2, 0.25) is 0 Å². The second kappa shape index (κ2) is 16.2. The molecule has 68 valence electrons. The van der Waals surface area contributed by atoms with Gasteiger partial charge in [-0.15, -0.1) is 24.8 Å². The summed E-state index contributed by atoms with van der Waals surface area (Å²) in [5.41, 5.74) is 5.25. The fourth-order valence-electron chi connectivity index (χ4n) is 0.408. The molecular formula is C5H18Cl2N2O. The van der Waals surface area contributed by atoms with Gasteiger partial charge in [-0.25, -0.2) is 0 Å². The first kappa shape index (κ1) is 22.4. The molecule has 0 aliphatic carbocycles. The van der Waals surface area contributed by atoms with Gasteiger partial charge in [0, 0.05) is 0 Å². The number of hydrogen-bond donors (Lipinski definition) is 1. The standard InChI is InChI=1S/C5H14N2.2ClH.H2O/c1-7(2)5-3-4-6;;;/h3-6H2,1-2H3;2*1H;1H2. The van der Waals surface area contributed by atoms with Gasteiger partial charge in [0.1, 0.15) is 0 Å². The second-order valence-corrected chi connectivity index (χ2v) is 1.95. The quantitative estimate of drug-likeness (QED) is 0.681. The van der Waals surface area contributed by atoms with Crippen LogP contribution in [-0.4, -0.2) is 37.6 Å². The van der Waals surface area contributed by atoms with Crippen molar-refractivity contribution in [3.63, 3.8) is 0 Å². The minimum Gasteiger partial charge on any atom is -0.412 e. The Kier molecular flexibility index (Phi) is 36.4. The molecule has 0 saturated carbocycles. The lowest BCUT2D eigenvalue weighted by Gasteiger charge is -2.05. The third-order valence-corrected chi connectivity index (χ3v) is 0.809. The van der Waals surface area contributed by atoms with Crippen LogP contribution >= 0.6 is 24.8 Å². The van der Waals surface area contributed by atoms with Gasteiger partial charge in [-0.2, -0.15) is 0 Å². The lowest BCUT2D eigenvalue weighted by Crippen LogP contribution is -2.16. The predicted octanol–water partition coefficient (Wildman–Crippen LogP) is -0.0843. The average Bonchev–Trinajstić information content (AvgIpc) is 1.61. The molecule has 0 aromatic rings. The molecule has 0 aromatic carbocycles. The van der Waals surface area contributed by atoms with Gasteiger partial charge in [0.2, 0.25) is 0 Å². The molecule has 3 nitrogen and oxygen atoms in total. The highest BCUT2D eigenvalue weighted by Crippen LogP contribution is 1.76. The van der Waals surface area contributed by atoms with Crippen LogP contribution in [0, 0.1) is 0 Å². The first-order valence-corrected chi connectivity index (χ1v) is 2.62. The minimum atomic E-state index is 0. The van der Waals surface area contributed by atoms with E-state index in [-0.39, 0.29) is 30.3 Å². The number of nitrogens with zero attached hydrogens (tertiary/aromatic N) is 1. The Morgan fingerprint density at radius 2 is 1.60 bits per heavy atom. The molecule has 0 radical (unpaired) electrons. The lowest BCUT2D eigenvalue weighted by atomic mass is 10.4. The fraction of sp³-hybridized carbons (Fsp3) is 1.00. The van der Waals surface area contributed by atoms with E-state index < -0.39 is 0 Å². The summed E-state index contributed by atoms with van der Waals surface area (Å²) in [6.07, 6.45) is 1.10. The third kappa shape index (κ3) is 23.7. The summed E-state index contributed by atoms with van der Waals surface area (Å²) in [6, 6.07) is 0. The Balaban J connectivity index is -0.0000000600. The van der Waals surface area contributed by atoms with Crippen molar-refractivity contribution in [1.29, 1.82) is 0 Å². The Bertz CT molecular complexity index is 46.6. The smallest absolute Gasteiger partial charge is 0.00128 e. The molecular weight excluding hydrogens is 175 g/mol. The van der Waals surface area contributed by atoms with E-state index in [0.717, 1.165) is 19.5 Å². The van der Waals surface area contributed by atoms with E-state index in [9.17, 15) is 0 Å². The molecule has 0 fully saturated rings. The van der Waals surface area contributed by atoms with E-state index >= 15 is 0 Å². The van der Waals surface area contributed by atoms with E-state index in [2.05, 4.69) is 19.0 Å². The summed E-state index contributed by atoms with van der Waals surface area (Å²) in [7, 11) is 4.10. The van der Waals surface area contributed by atoms with Crippen molar-refractivity contribution in [2.45, 2.75) is 6.42 Å². The number of halogens is 2. The van der Waals surface area contributed by atoms with Gasteiger partial charge in [0.25, 0.3) is 0 Å². The first-order valence-electron chi connectivity index (χ1n) is 2.62. The highest BCUT2D eigenvalue weighted by atomic mass is 35.5. The molecule has 0 amide bonds. The normalized spacial score (nSPS) is 7.20. The van der Waals surface area contributed by atoms with Gasteiger partial charge in [0.05, 0.1) is 0 Å². The zero-order valence-electron chi connectivity index (χ0n) is 6.46. The van der Waals surface area contributed by atoms with E-state index in [1.807, 2.05) is 0 Å². The molecule has 0 saturated heterocycles. The molecule has 0 aromatic heterocycles. The first-order chi connectivity index (χ1) is 3.27. The van der Waals surface area contributed by atoms with Crippen LogP contribution in [-0.2, 0) is 0 Å². The Hall–Kier alpha value is 0.460. The van der Waals surface area contributed by atoms with Gasteiger partial charge < -0.3 is 16.1 Å². The van der Waals surface area contributed by atoms with Crippen LogP contribution in [0.4, 0.5) is 0 Å². The minimum absolute atomic E-state index is 0. The molecule has 0 spiro atoms.